The largest absolute Gasteiger partial charge is 0.478 e. The number of piperazine rings is 1. The number of hydrogen-bond acceptors (Lipinski definition) is 5. The van der Waals surface area contributed by atoms with Gasteiger partial charge in [0.05, 0.1) is 6.61 Å². The zero-order valence-corrected chi connectivity index (χ0v) is 18.1. The van der Waals surface area contributed by atoms with Crippen molar-refractivity contribution in [2.24, 2.45) is 0 Å². The molecule has 1 aromatic heterocycles. The van der Waals surface area contributed by atoms with E-state index in [1.54, 1.807) is 0 Å². The van der Waals surface area contributed by atoms with Crippen LogP contribution in [0.4, 0.5) is 5.82 Å². The highest BCUT2D eigenvalue weighted by molar-refractivity contribution is 5.94. The molecule has 1 fully saturated rings. The molecule has 1 aliphatic rings. The molecule has 2 heterocycles. The first kappa shape index (κ1) is 20.8. The van der Waals surface area contributed by atoms with Crippen molar-refractivity contribution < 1.29 is 9.53 Å². The molecular formula is C25H28N4O2. The maximum absolute atomic E-state index is 13.0. The van der Waals surface area contributed by atoms with Gasteiger partial charge >= 0.3 is 0 Å². The van der Waals surface area contributed by atoms with Gasteiger partial charge in [-0.3, -0.25) is 4.79 Å². The Labute approximate surface area is 183 Å². The smallest absolute Gasteiger partial charge is 0.253 e. The standard InChI is InChI=1S/C25H28N4O2/c1-3-17-31-24-18-23(26-19(2)27-24)28-13-15-29(16-14-28)25(30)22-11-9-21(10-12-22)20-7-5-4-6-8-20/h4-12,18H,3,13-17H2,1-2H3. The lowest BCUT2D eigenvalue weighted by atomic mass is 10.0. The number of carbonyl (C=O) groups excluding carboxylic acids is 1. The summed E-state index contributed by atoms with van der Waals surface area (Å²) in [4.78, 5) is 26.0. The van der Waals surface area contributed by atoms with Crippen LogP contribution in [0.25, 0.3) is 11.1 Å². The molecule has 0 atom stereocenters. The average molecular weight is 417 g/mol. The van der Waals surface area contributed by atoms with Crippen LogP contribution in [0.15, 0.2) is 60.7 Å². The third-order valence-corrected chi connectivity index (χ3v) is 5.38. The predicted octanol–water partition coefficient (Wildman–Crippen LogP) is 4.20. The summed E-state index contributed by atoms with van der Waals surface area (Å²) < 4.78 is 5.68. The van der Waals surface area contributed by atoms with Crippen LogP contribution in [0, 0.1) is 6.92 Å². The second-order valence-electron chi connectivity index (χ2n) is 7.68. The molecule has 160 valence electrons. The lowest BCUT2D eigenvalue weighted by Gasteiger charge is -2.35. The number of aromatic nitrogens is 2. The third-order valence-electron chi connectivity index (χ3n) is 5.38. The zero-order chi connectivity index (χ0) is 21.6. The van der Waals surface area contributed by atoms with Gasteiger partial charge in [-0.1, -0.05) is 49.4 Å². The number of hydrogen-bond donors (Lipinski definition) is 0. The van der Waals surface area contributed by atoms with Crippen LogP contribution in [0.1, 0.15) is 29.5 Å². The van der Waals surface area contributed by atoms with Crippen LogP contribution in [-0.4, -0.2) is 53.6 Å². The molecule has 0 saturated carbocycles. The van der Waals surface area contributed by atoms with Gasteiger partial charge in [0.25, 0.3) is 5.91 Å². The summed E-state index contributed by atoms with van der Waals surface area (Å²) in [6.45, 7) is 7.37. The first-order valence-corrected chi connectivity index (χ1v) is 10.8. The van der Waals surface area contributed by atoms with Crippen molar-refractivity contribution >= 4 is 11.7 Å². The van der Waals surface area contributed by atoms with Crippen molar-refractivity contribution in [3.8, 4) is 17.0 Å². The number of rotatable bonds is 6. The Hall–Kier alpha value is -3.41. The number of benzene rings is 2. The first-order chi connectivity index (χ1) is 15.1. The summed E-state index contributed by atoms with van der Waals surface area (Å²) in [7, 11) is 0. The number of aryl methyl sites for hydroxylation is 1. The van der Waals surface area contributed by atoms with Gasteiger partial charge in [-0.2, -0.15) is 4.98 Å². The highest BCUT2D eigenvalue weighted by Gasteiger charge is 2.23. The van der Waals surface area contributed by atoms with E-state index in [0.717, 1.165) is 42.0 Å². The first-order valence-electron chi connectivity index (χ1n) is 10.8. The zero-order valence-electron chi connectivity index (χ0n) is 18.1. The SMILES string of the molecule is CCCOc1cc(N2CCN(C(=O)c3ccc(-c4ccccc4)cc3)CC2)nc(C)n1. The molecule has 6 heteroatoms. The van der Waals surface area contributed by atoms with E-state index in [2.05, 4.69) is 33.9 Å². The molecule has 2 aromatic carbocycles. The molecule has 0 unspecified atom stereocenters. The van der Waals surface area contributed by atoms with E-state index < -0.39 is 0 Å². The Morgan fingerprint density at radius 2 is 1.61 bits per heavy atom. The van der Waals surface area contributed by atoms with Crippen LogP contribution in [0.5, 0.6) is 5.88 Å². The van der Waals surface area contributed by atoms with Gasteiger partial charge in [-0.05, 0) is 36.6 Å². The Morgan fingerprint density at radius 3 is 2.29 bits per heavy atom. The van der Waals surface area contributed by atoms with E-state index in [1.165, 1.54) is 0 Å². The van der Waals surface area contributed by atoms with Gasteiger partial charge in [0.15, 0.2) is 0 Å². The van der Waals surface area contributed by atoms with Gasteiger partial charge < -0.3 is 14.5 Å². The summed E-state index contributed by atoms with van der Waals surface area (Å²) in [5.41, 5.74) is 2.99. The summed E-state index contributed by atoms with van der Waals surface area (Å²) in [6, 6.07) is 19.9. The number of ether oxygens (including phenoxy) is 1. The minimum absolute atomic E-state index is 0.0742. The fraction of sp³-hybridized carbons (Fsp3) is 0.320. The van der Waals surface area contributed by atoms with Crippen LogP contribution >= 0.6 is 0 Å². The number of anilines is 1. The molecule has 4 rings (SSSR count). The summed E-state index contributed by atoms with van der Waals surface area (Å²) >= 11 is 0. The van der Waals surface area contributed by atoms with Gasteiger partial charge in [0.1, 0.15) is 11.6 Å². The monoisotopic (exact) mass is 416 g/mol. The van der Waals surface area contributed by atoms with Crippen molar-refractivity contribution in [3.05, 3.63) is 72.1 Å². The molecule has 3 aromatic rings. The van der Waals surface area contributed by atoms with Gasteiger partial charge in [0, 0.05) is 37.8 Å². The van der Waals surface area contributed by atoms with Crippen LogP contribution in [0.2, 0.25) is 0 Å². The van der Waals surface area contributed by atoms with Crippen molar-refractivity contribution in [2.45, 2.75) is 20.3 Å². The molecule has 1 saturated heterocycles. The average Bonchev–Trinajstić information content (AvgIpc) is 2.83. The number of amides is 1. The molecule has 1 aliphatic heterocycles. The minimum atomic E-state index is 0.0742. The van der Waals surface area contributed by atoms with E-state index in [0.29, 0.717) is 31.4 Å². The van der Waals surface area contributed by atoms with E-state index in [9.17, 15) is 4.79 Å². The second-order valence-corrected chi connectivity index (χ2v) is 7.68. The van der Waals surface area contributed by atoms with E-state index in [-0.39, 0.29) is 5.91 Å². The van der Waals surface area contributed by atoms with E-state index >= 15 is 0 Å². The van der Waals surface area contributed by atoms with Gasteiger partial charge in [-0.15, -0.1) is 0 Å². The maximum atomic E-state index is 13.0. The van der Waals surface area contributed by atoms with Crippen molar-refractivity contribution in [3.63, 3.8) is 0 Å². The summed E-state index contributed by atoms with van der Waals surface area (Å²) in [5, 5.41) is 0. The second kappa shape index (κ2) is 9.60. The Kier molecular flexibility index (Phi) is 6.46. The fourth-order valence-electron chi connectivity index (χ4n) is 3.72. The van der Waals surface area contributed by atoms with Crippen LogP contribution in [-0.2, 0) is 0 Å². The van der Waals surface area contributed by atoms with Crippen molar-refractivity contribution in [2.75, 3.05) is 37.7 Å². The van der Waals surface area contributed by atoms with Crippen molar-refractivity contribution in [1.29, 1.82) is 0 Å². The van der Waals surface area contributed by atoms with Gasteiger partial charge in [-0.25, -0.2) is 4.98 Å². The van der Waals surface area contributed by atoms with Gasteiger partial charge in [0.2, 0.25) is 5.88 Å². The quantitative estimate of drug-likeness (QED) is 0.603. The van der Waals surface area contributed by atoms with E-state index in [4.69, 9.17) is 4.74 Å². The predicted molar refractivity (Wildman–Crippen MR) is 123 cm³/mol. The molecule has 0 aliphatic carbocycles. The highest BCUT2D eigenvalue weighted by atomic mass is 16.5. The molecule has 0 bridgehead atoms. The maximum Gasteiger partial charge on any atom is 0.253 e. The lowest BCUT2D eigenvalue weighted by molar-refractivity contribution is 0.0746. The molecule has 0 radical (unpaired) electrons. The number of nitrogens with zero attached hydrogens (tertiary/aromatic N) is 4. The third kappa shape index (κ3) is 5.02. The topological polar surface area (TPSA) is 58.6 Å². The molecule has 31 heavy (non-hydrogen) atoms. The Balaban J connectivity index is 1.38. The highest BCUT2D eigenvalue weighted by Crippen LogP contribution is 2.22. The van der Waals surface area contributed by atoms with E-state index in [1.807, 2.05) is 60.4 Å². The molecule has 6 nitrogen and oxygen atoms in total. The summed E-state index contributed by atoms with van der Waals surface area (Å²) in [6.07, 6.45) is 0.936. The Morgan fingerprint density at radius 1 is 0.935 bits per heavy atom. The summed E-state index contributed by atoms with van der Waals surface area (Å²) in [5.74, 6) is 2.24. The fourth-order valence-corrected chi connectivity index (χ4v) is 3.72. The molecule has 0 spiro atoms. The molecule has 0 N–H and O–H groups in total. The molecular weight excluding hydrogens is 388 g/mol. The van der Waals surface area contributed by atoms with Crippen LogP contribution in [0.3, 0.4) is 0 Å². The minimum Gasteiger partial charge on any atom is -0.478 e. The molecule has 1 amide bonds. The normalized spacial score (nSPS) is 13.9. The van der Waals surface area contributed by atoms with Crippen molar-refractivity contribution in [1.82, 2.24) is 14.9 Å². The van der Waals surface area contributed by atoms with Crippen LogP contribution < -0.4 is 9.64 Å². The number of carbonyl (C=O) groups is 1. The Bertz CT molecular complexity index is 1010. The lowest BCUT2D eigenvalue weighted by Crippen LogP contribution is -2.49.